The maximum atomic E-state index is 12.4. The molecule has 0 atom stereocenters. The van der Waals surface area contributed by atoms with Gasteiger partial charge < -0.3 is 19.8 Å². The number of furan rings is 1. The van der Waals surface area contributed by atoms with E-state index in [1.54, 1.807) is 42.5 Å². The smallest absolute Gasteiger partial charge is 0.291 e. The molecule has 0 spiro atoms. The first kappa shape index (κ1) is 16.9. The maximum Gasteiger partial charge on any atom is 0.291 e. The Morgan fingerprint density at radius 2 is 1.88 bits per heavy atom. The molecule has 0 saturated heterocycles. The van der Waals surface area contributed by atoms with Gasteiger partial charge in [0.25, 0.3) is 5.91 Å². The number of fused-ring (bicyclic) bond motifs is 1. The van der Waals surface area contributed by atoms with Crippen LogP contribution in [0.3, 0.4) is 0 Å². The number of rotatable bonds is 4. The number of halogens is 1. The lowest BCUT2D eigenvalue weighted by molar-refractivity contribution is -0.114. The zero-order valence-corrected chi connectivity index (χ0v) is 14.3. The fraction of sp³-hybridized carbons (Fsp3) is 0.111. The molecule has 3 rings (SSSR count). The number of hydrogen-bond donors (Lipinski definition) is 2. The van der Waals surface area contributed by atoms with Crippen molar-refractivity contribution in [3.8, 4) is 5.75 Å². The van der Waals surface area contributed by atoms with E-state index in [1.807, 2.05) is 0 Å². The molecule has 6 nitrogen and oxygen atoms in total. The summed E-state index contributed by atoms with van der Waals surface area (Å²) in [6.07, 6.45) is 0. The third kappa shape index (κ3) is 3.75. The minimum absolute atomic E-state index is 0.161. The zero-order valence-electron chi connectivity index (χ0n) is 13.6. The molecule has 0 unspecified atom stereocenters. The van der Waals surface area contributed by atoms with E-state index < -0.39 is 5.91 Å². The van der Waals surface area contributed by atoms with E-state index in [0.29, 0.717) is 27.7 Å². The lowest BCUT2D eigenvalue weighted by Gasteiger charge is -2.11. The first-order chi connectivity index (χ1) is 12.0. The summed E-state index contributed by atoms with van der Waals surface area (Å²) in [6, 6.07) is 11.7. The van der Waals surface area contributed by atoms with Crippen LogP contribution >= 0.6 is 11.6 Å². The van der Waals surface area contributed by atoms with E-state index in [0.717, 1.165) is 5.39 Å². The van der Waals surface area contributed by atoms with E-state index in [9.17, 15) is 9.59 Å². The predicted octanol–water partition coefficient (Wildman–Crippen LogP) is 4.31. The third-order valence-corrected chi connectivity index (χ3v) is 3.71. The number of benzene rings is 2. The van der Waals surface area contributed by atoms with E-state index in [2.05, 4.69) is 10.6 Å². The van der Waals surface area contributed by atoms with Crippen molar-refractivity contribution in [2.45, 2.75) is 6.92 Å². The molecular formula is C18H15ClN2O4. The van der Waals surface area contributed by atoms with Crippen LogP contribution in [-0.2, 0) is 4.79 Å². The number of hydrogen-bond acceptors (Lipinski definition) is 4. The van der Waals surface area contributed by atoms with Gasteiger partial charge in [0.2, 0.25) is 5.91 Å². The number of methoxy groups -OCH3 is 1. The summed E-state index contributed by atoms with van der Waals surface area (Å²) in [6.45, 7) is 1.39. The molecule has 7 heteroatoms. The van der Waals surface area contributed by atoms with Crippen molar-refractivity contribution < 1.29 is 18.7 Å². The summed E-state index contributed by atoms with van der Waals surface area (Å²) in [5.74, 6) is 0.00273. The summed E-state index contributed by atoms with van der Waals surface area (Å²) in [7, 11) is 1.50. The van der Waals surface area contributed by atoms with E-state index in [-0.39, 0.29) is 11.7 Å². The summed E-state index contributed by atoms with van der Waals surface area (Å²) in [5.41, 5.74) is 1.53. The van der Waals surface area contributed by atoms with E-state index in [4.69, 9.17) is 20.8 Å². The second kappa shape index (κ2) is 6.86. The number of carbonyl (C=O) groups is 2. The predicted molar refractivity (Wildman–Crippen MR) is 96.5 cm³/mol. The molecular weight excluding hydrogens is 344 g/mol. The number of carbonyl (C=O) groups excluding carboxylic acids is 2. The van der Waals surface area contributed by atoms with Gasteiger partial charge in [-0.3, -0.25) is 9.59 Å². The molecule has 3 aromatic rings. The van der Waals surface area contributed by atoms with Crippen molar-refractivity contribution in [3.63, 3.8) is 0 Å². The Bertz CT molecular complexity index is 965. The Morgan fingerprint density at radius 3 is 2.60 bits per heavy atom. The highest BCUT2D eigenvalue weighted by Gasteiger charge is 2.14. The van der Waals surface area contributed by atoms with Gasteiger partial charge in [-0.2, -0.15) is 0 Å². The van der Waals surface area contributed by atoms with Crippen LogP contribution in [-0.4, -0.2) is 18.9 Å². The normalized spacial score (nSPS) is 10.5. The molecule has 1 heterocycles. The zero-order chi connectivity index (χ0) is 18.0. The van der Waals surface area contributed by atoms with Gasteiger partial charge in [0.15, 0.2) is 5.76 Å². The van der Waals surface area contributed by atoms with Crippen LogP contribution in [0, 0.1) is 0 Å². The Labute approximate surface area is 148 Å². The van der Waals surface area contributed by atoms with Crippen molar-refractivity contribution in [2.24, 2.45) is 0 Å². The number of ether oxygens (including phenoxy) is 1. The molecule has 128 valence electrons. The number of nitrogens with one attached hydrogen (secondary N) is 2. The SMILES string of the molecule is COc1ccc(NC(=O)c2cc3cc(Cl)ccc3o2)cc1NC(C)=O. The first-order valence-electron chi connectivity index (χ1n) is 7.42. The van der Waals surface area contributed by atoms with Gasteiger partial charge in [-0.25, -0.2) is 0 Å². The summed E-state index contributed by atoms with van der Waals surface area (Å²) in [5, 5.41) is 6.69. The van der Waals surface area contributed by atoms with Crippen LogP contribution in [0.2, 0.25) is 5.02 Å². The van der Waals surface area contributed by atoms with Crippen molar-refractivity contribution in [1.29, 1.82) is 0 Å². The summed E-state index contributed by atoms with van der Waals surface area (Å²) < 4.78 is 10.7. The minimum Gasteiger partial charge on any atom is -0.495 e. The number of anilines is 2. The van der Waals surface area contributed by atoms with Crippen LogP contribution < -0.4 is 15.4 Å². The average molecular weight is 359 g/mol. The maximum absolute atomic E-state index is 12.4. The lowest BCUT2D eigenvalue weighted by Crippen LogP contribution is -2.12. The van der Waals surface area contributed by atoms with Crippen LogP contribution in [0.25, 0.3) is 11.0 Å². The van der Waals surface area contributed by atoms with Crippen molar-refractivity contribution >= 4 is 45.8 Å². The largest absolute Gasteiger partial charge is 0.495 e. The highest BCUT2D eigenvalue weighted by Crippen LogP contribution is 2.29. The Hall–Kier alpha value is -2.99. The summed E-state index contributed by atoms with van der Waals surface area (Å²) in [4.78, 5) is 23.7. The molecule has 0 saturated carbocycles. The quantitative estimate of drug-likeness (QED) is 0.728. The lowest BCUT2D eigenvalue weighted by atomic mass is 10.2. The first-order valence-corrected chi connectivity index (χ1v) is 7.80. The van der Waals surface area contributed by atoms with Crippen molar-refractivity contribution in [3.05, 3.63) is 53.2 Å². The van der Waals surface area contributed by atoms with E-state index in [1.165, 1.54) is 14.0 Å². The van der Waals surface area contributed by atoms with Gasteiger partial charge in [0.1, 0.15) is 11.3 Å². The van der Waals surface area contributed by atoms with Crippen molar-refractivity contribution in [1.82, 2.24) is 0 Å². The second-order valence-electron chi connectivity index (χ2n) is 5.34. The van der Waals surface area contributed by atoms with Gasteiger partial charge >= 0.3 is 0 Å². The molecule has 25 heavy (non-hydrogen) atoms. The van der Waals surface area contributed by atoms with Gasteiger partial charge in [-0.05, 0) is 42.5 Å². The molecule has 2 N–H and O–H groups in total. The van der Waals surface area contributed by atoms with Gasteiger partial charge in [-0.15, -0.1) is 0 Å². The fourth-order valence-corrected chi connectivity index (χ4v) is 2.57. The fourth-order valence-electron chi connectivity index (χ4n) is 2.39. The number of amides is 2. The highest BCUT2D eigenvalue weighted by molar-refractivity contribution is 6.31. The Balaban J connectivity index is 1.85. The van der Waals surface area contributed by atoms with Gasteiger partial charge in [-0.1, -0.05) is 11.6 Å². The van der Waals surface area contributed by atoms with Gasteiger partial charge in [0.05, 0.1) is 12.8 Å². The molecule has 0 aliphatic rings. The van der Waals surface area contributed by atoms with Crippen LogP contribution in [0.4, 0.5) is 11.4 Å². The highest BCUT2D eigenvalue weighted by atomic mass is 35.5. The summed E-state index contributed by atoms with van der Waals surface area (Å²) >= 11 is 5.94. The van der Waals surface area contributed by atoms with Crippen LogP contribution in [0.15, 0.2) is 46.9 Å². The molecule has 0 radical (unpaired) electrons. The van der Waals surface area contributed by atoms with Gasteiger partial charge in [0, 0.05) is 23.0 Å². The van der Waals surface area contributed by atoms with Crippen molar-refractivity contribution in [2.75, 3.05) is 17.7 Å². The molecule has 2 amide bonds. The monoisotopic (exact) mass is 358 g/mol. The Kier molecular flexibility index (Phi) is 4.63. The molecule has 2 aromatic carbocycles. The average Bonchev–Trinajstić information content (AvgIpc) is 2.98. The topological polar surface area (TPSA) is 80.6 Å². The van der Waals surface area contributed by atoms with Crippen LogP contribution in [0.5, 0.6) is 5.75 Å². The molecule has 0 aliphatic carbocycles. The van der Waals surface area contributed by atoms with E-state index >= 15 is 0 Å². The second-order valence-corrected chi connectivity index (χ2v) is 5.78. The third-order valence-electron chi connectivity index (χ3n) is 3.47. The molecule has 0 bridgehead atoms. The molecule has 0 aliphatic heterocycles. The molecule has 0 fully saturated rings. The minimum atomic E-state index is -0.411. The van der Waals surface area contributed by atoms with Crippen LogP contribution in [0.1, 0.15) is 17.5 Å². The standard InChI is InChI=1S/C18H15ClN2O4/c1-10(22)20-14-9-13(4-6-16(14)24-2)21-18(23)17-8-11-7-12(19)3-5-15(11)25-17/h3-9H,1-2H3,(H,20,22)(H,21,23). The molecule has 1 aromatic heterocycles. The Morgan fingerprint density at radius 1 is 1.08 bits per heavy atom.